The number of carbonyl (C=O) groups excluding carboxylic acids is 1. The van der Waals surface area contributed by atoms with Crippen molar-refractivity contribution in [1.82, 2.24) is 20.1 Å². The maximum absolute atomic E-state index is 12.2. The Morgan fingerprint density at radius 1 is 1.16 bits per heavy atom. The molecular formula is C19H26N4OS. The van der Waals surface area contributed by atoms with E-state index in [1.54, 1.807) is 0 Å². The minimum Gasteiger partial charge on any atom is -0.351 e. The molecule has 3 rings (SSSR count). The first-order chi connectivity index (χ1) is 12.1. The fourth-order valence-corrected chi connectivity index (χ4v) is 4.18. The Balaban J connectivity index is 1.52. The normalized spacial score (nSPS) is 15.3. The molecule has 0 bridgehead atoms. The molecule has 134 valence electrons. The van der Waals surface area contributed by atoms with E-state index in [4.69, 9.17) is 0 Å². The summed E-state index contributed by atoms with van der Waals surface area (Å²) in [6, 6.07) is 8.71. The highest BCUT2D eigenvalue weighted by Gasteiger charge is 2.21. The number of carbonyl (C=O) groups is 1. The molecular weight excluding hydrogens is 332 g/mol. The molecule has 1 aliphatic carbocycles. The van der Waals surface area contributed by atoms with Gasteiger partial charge in [-0.1, -0.05) is 60.9 Å². The fraction of sp³-hybridized carbons (Fsp3) is 0.526. The van der Waals surface area contributed by atoms with Crippen molar-refractivity contribution in [2.45, 2.75) is 63.7 Å². The van der Waals surface area contributed by atoms with E-state index in [1.165, 1.54) is 49.4 Å². The van der Waals surface area contributed by atoms with Crippen LogP contribution >= 0.6 is 11.8 Å². The molecule has 1 fully saturated rings. The molecule has 25 heavy (non-hydrogen) atoms. The number of aryl methyl sites for hydroxylation is 2. The van der Waals surface area contributed by atoms with Gasteiger partial charge in [0.25, 0.3) is 0 Å². The summed E-state index contributed by atoms with van der Waals surface area (Å²) < 4.78 is 2.23. The summed E-state index contributed by atoms with van der Waals surface area (Å²) in [7, 11) is 0. The predicted molar refractivity (Wildman–Crippen MR) is 101 cm³/mol. The monoisotopic (exact) mass is 358 g/mol. The number of amides is 1. The van der Waals surface area contributed by atoms with Crippen molar-refractivity contribution in [3.8, 4) is 0 Å². The lowest BCUT2D eigenvalue weighted by Crippen LogP contribution is -2.25. The largest absolute Gasteiger partial charge is 0.351 e. The molecule has 1 aromatic carbocycles. The van der Waals surface area contributed by atoms with E-state index in [1.807, 2.05) is 19.1 Å². The lowest BCUT2D eigenvalue weighted by Gasteiger charge is -2.24. The van der Waals surface area contributed by atoms with Crippen molar-refractivity contribution in [3.05, 3.63) is 41.2 Å². The topological polar surface area (TPSA) is 59.8 Å². The number of hydrogen-bond acceptors (Lipinski definition) is 4. The molecule has 6 heteroatoms. The summed E-state index contributed by atoms with van der Waals surface area (Å²) in [5, 5.41) is 12.4. The summed E-state index contributed by atoms with van der Waals surface area (Å²) in [5.41, 5.74) is 2.34. The van der Waals surface area contributed by atoms with Crippen LogP contribution < -0.4 is 5.32 Å². The minimum absolute atomic E-state index is 0.0291. The second-order valence-corrected chi connectivity index (χ2v) is 7.69. The molecule has 1 aliphatic rings. The second-order valence-electron chi connectivity index (χ2n) is 6.74. The molecule has 1 aromatic heterocycles. The van der Waals surface area contributed by atoms with Crippen LogP contribution in [-0.4, -0.2) is 26.4 Å². The van der Waals surface area contributed by atoms with Crippen molar-refractivity contribution < 1.29 is 4.79 Å². The van der Waals surface area contributed by atoms with Crippen molar-refractivity contribution in [3.63, 3.8) is 0 Å². The summed E-state index contributed by atoms with van der Waals surface area (Å²) in [4.78, 5) is 12.2. The third kappa shape index (κ3) is 4.84. The lowest BCUT2D eigenvalue weighted by atomic mass is 9.95. The van der Waals surface area contributed by atoms with Gasteiger partial charge in [0.05, 0.1) is 5.75 Å². The molecule has 0 unspecified atom stereocenters. The van der Waals surface area contributed by atoms with Gasteiger partial charge >= 0.3 is 0 Å². The summed E-state index contributed by atoms with van der Waals surface area (Å²) in [6.45, 7) is 4.63. The Morgan fingerprint density at radius 3 is 2.60 bits per heavy atom. The molecule has 1 saturated carbocycles. The molecule has 0 atom stereocenters. The van der Waals surface area contributed by atoms with Gasteiger partial charge in [-0.3, -0.25) is 4.79 Å². The Morgan fingerprint density at radius 2 is 1.88 bits per heavy atom. The van der Waals surface area contributed by atoms with Gasteiger partial charge in [-0.2, -0.15) is 0 Å². The summed E-state index contributed by atoms with van der Waals surface area (Å²) in [6.07, 6.45) is 6.23. The molecule has 0 radical (unpaired) electrons. The van der Waals surface area contributed by atoms with E-state index < -0.39 is 0 Å². The molecule has 1 amide bonds. The van der Waals surface area contributed by atoms with Gasteiger partial charge in [0.15, 0.2) is 5.16 Å². The summed E-state index contributed by atoms with van der Waals surface area (Å²) >= 11 is 1.48. The number of aromatic nitrogens is 3. The van der Waals surface area contributed by atoms with Gasteiger partial charge in [0.2, 0.25) is 5.91 Å². The first-order valence-electron chi connectivity index (χ1n) is 9.00. The molecule has 0 spiro atoms. The van der Waals surface area contributed by atoms with Crippen LogP contribution in [0.15, 0.2) is 29.4 Å². The Hall–Kier alpha value is -1.82. The average molecular weight is 359 g/mol. The van der Waals surface area contributed by atoms with Crippen LogP contribution in [0.25, 0.3) is 0 Å². The smallest absolute Gasteiger partial charge is 0.230 e. The van der Waals surface area contributed by atoms with Crippen LogP contribution in [0.3, 0.4) is 0 Å². The molecule has 0 saturated heterocycles. The van der Waals surface area contributed by atoms with E-state index in [9.17, 15) is 4.79 Å². The van der Waals surface area contributed by atoms with Gasteiger partial charge in [0.1, 0.15) is 5.82 Å². The minimum atomic E-state index is 0.0291. The molecule has 5 nitrogen and oxygen atoms in total. The van der Waals surface area contributed by atoms with Crippen molar-refractivity contribution in [2.75, 3.05) is 5.75 Å². The number of nitrogens with zero attached hydrogens (tertiary/aromatic N) is 3. The SMILES string of the molecule is Cc1ccc(CNC(=O)CSc2nnc(C)n2C2CCCCC2)cc1. The Labute approximate surface area is 153 Å². The highest BCUT2D eigenvalue weighted by Crippen LogP contribution is 2.32. The average Bonchev–Trinajstić information content (AvgIpc) is 3.01. The second kappa shape index (κ2) is 8.52. The van der Waals surface area contributed by atoms with Crippen LogP contribution in [0, 0.1) is 13.8 Å². The van der Waals surface area contributed by atoms with Crippen LogP contribution in [0.2, 0.25) is 0 Å². The number of rotatable bonds is 6. The van der Waals surface area contributed by atoms with Crippen molar-refractivity contribution in [2.24, 2.45) is 0 Å². The van der Waals surface area contributed by atoms with Crippen LogP contribution in [0.4, 0.5) is 0 Å². The van der Waals surface area contributed by atoms with E-state index in [0.717, 1.165) is 16.5 Å². The van der Waals surface area contributed by atoms with Gasteiger partial charge in [-0.15, -0.1) is 10.2 Å². The molecule has 1 heterocycles. The third-order valence-electron chi connectivity index (χ3n) is 4.72. The Kier molecular flexibility index (Phi) is 6.13. The zero-order valence-electron chi connectivity index (χ0n) is 15.0. The van der Waals surface area contributed by atoms with Crippen molar-refractivity contribution in [1.29, 1.82) is 0 Å². The Bertz CT molecular complexity index is 705. The van der Waals surface area contributed by atoms with Crippen LogP contribution in [0.5, 0.6) is 0 Å². The maximum Gasteiger partial charge on any atom is 0.230 e. The zero-order valence-corrected chi connectivity index (χ0v) is 15.8. The zero-order chi connectivity index (χ0) is 17.6. The van der Waals surface area contributed by atoms with E-state index >= 15 is 0 Å². The van der Waals surface area contributed by atoms with Gasteiger partial charge in [0, 0.05) is 12.6 Å². The molecule has 1 N–H and O–H groups in total. The highest BCUT2D eigenvalue weighted by atomic mass is 32.2. The highest BCUT2D eigenvalue weighted by molar-refractivity contribution is 7.99. The first kappa shape index (κ1) is 18.0. The van der Waals surface area contributed by atoms with E-state index in [2.05, 4.69) is 39.1 Å². The van der Waals surface area contributed by atoms with Crippen LogP contribution in [-0.2, 0) is 11.3 Å². The fourth-order valence-electron chi connectivity index (χ4n) is 3.30. The lowest BCUT2D eigenvalue weighted by molar-refractivity contribution is -0.118. The number of thioether (sulfide) groups is 1. The van der Waals surface area contributed by atoms with E-state index in [0.29, 0.717) is 18.3 Å². The number of hydrogen-bond donors (Lipinski definition) is 1. The molecule has 2 aromatic rings. The van der Waals surface area contributed by atoms with Gasteiger partial charge in [-0.05, 0) is 32.3 Å². The van der Waals surface area contributed by atoms with Crippen LogP contribution in [0.1, 0.15) is 55.1 Å². The van der Waals surface area contributed by atoms with Gasteiger partial charge < -0.3 is 9.88 Å². The van der Waals surface area contributed by atoms with E-state index in [-0.39, 0.29) is 5.91 Å². The summed E-state index contributed by atoms with van der Waals surface area (Å²) in [5.74, 6) is 1.35. The number of nitrogens with one attached hydrogen (secondary N) is 1. The molecule has 0 aliphatic heterocycles. The standard InChI is InChI=1S/C19H26N4OS/c1-14-8-10-16(11-9-14)12-20-18(24)13-25-19-22-21-15(2)23(19)17-6-4-3-5-7-17/h8-11,17H,3-7,12-13H2,1-2H3,(H,20,24). The quantitative estimate of drug-likeness (QED) is 0.798. The third-order valence-corrected chi connectivity index (χ3v) is 5.66. The maximum atomic E-state index is 12.2. The first-order valence-corrected chi connectivity index (χ1v) is 9.98. The number of benzene rings is 1. The van der Waals surface area contributed by atoms with Gasteiger partial charge in [-0.25, -0.2) is 0 Å². The van der Waals surface area contributed by atoms with Crippen molar-refractivity contribution >= 4 is 17.7 Å². The predicted octanol–water partition coefficient (Wildman–Crippen LogP) is 3.81.